The molecule has 0 radical (unpaired) electrons. The molecule has 2 N–H and O–H groups in total. The van der Waals surface area contributed by atoms with Crippen LogP contribution in [0.25, 0.3) is 0 Å². The molecule has 7 heteroatoms. The quantitative estimate of drug-likeness (QED) is 0.763. The van der Waals surface area contributed by atoms with Crippen LogP contribution < -0.4 is 10.6 Å². The molecule has 6 nitrogen and oxygen atoms in total. The number of anilines is 2. The third kappa shape index (κ3) is 4.30. The molecule has 0 aromatic carbocycles. The summed E-state index contributed by atoms with van der Waals surface area (Å²) in [6.45, 7) is 6.82. The number of aromatic nitrogens is 2. The topological polar surface area (TPSA) is 84.0 Å². The summed E-state index contributed by atoms with van der Waals surface area (Å²) in [6, 6.07) is 0. The third-order valence-electron chi connectivity index (χ3n) is 3.60. The van der Waals surface area contributed by atoms with Gasteiger partial charge in [-0.05, 0) is 26.7 Å². The first-order chi connectivity index (χ1) is 9.96. The molecule has 2 rings (SSSR count). The predicted molar refractivity (Wildman–Crippen MR) is 85.7 cm³/mol. The van der Waals surface area contributed by atoms with Gasteiger partial charge in [-0.2, -0.15) is 0 Å². The van der Waals surface area contributed by atoms with Crippen molar-refractivity contribution in [2.45, 2.75) is 39.5 Å². The van der Waals surface area contributed by atoms with Gasteiger partial charge in [-0.15, -0.1) is 0 Å². The van der Waals surface area contributed by atoms with Crippen molar-refractivity contribution in [3.63, 3.8) is 0 Å². The van der Waals surface area contributed by atoms with E-state index in [0.717, 1.165) is 42.4 Å². The van der Waals surface area contributed by atoms with E-state index in [1.807, 2.05) is 13.8 Å². The maximum Gasteiger partial charge on any atom is 0.151 e. The van der Waals surface area contributed by atoms with Crippen molar-refractivity contribution in [1.29, 1.82) is 0 Å². The molecular weight excluding hydrogens is 288 g/mol. The van der Waals surface area contributed by atoms with Crippen molar-refractivity contribution < 1.29 is 8.42 Å². The van der Waals surface area contributed by atoms with Crippen molar-refractivity contribution in [2.75, 3.05) is 35.2 Å². The SMILES string of the molecule is CCNc1nc(C2CC2)nc(NCCS(=O)(=O)CC)c1C. The fourth-order valence-electron chi connectivity index (χ4n) is 2.04. The average molecular weight is 312 g/mol. The van der Waals surface area contributed by atoms with Crippen LogP contribution in [0.3, 0.4) is 0 Å². The van der Waals surface area contributed by atoms with E-state index in [1.165, 1.54) is 0 Å². The zero-order valence-electron chi connectivity index (χ0n) is 12.9. The molecule has 1 fully saturated rings. The van der Waals surface area contributed by atoms with Crippen molar-refractivity contribution in [2.24, 2.45) is 0 Å². The molecule has 0 unspecified atom stereocenters. The van der Waals surface area contributed by atoms with Crippen LogP contribution >= 0.6 is 0 Å². The van der Waals surface area contributed by atoms with Crippen LogP contribution in [0.15, 0.2) is 0 Å². The molecule has 21 heavy (non-hydrogen) atoms. The summed E-state index contributed by atoms with van der Waals surface area (Å²) in [5, 5.41) is 6.40. The number of nitrogens with one attached hydrogen (secondary N) is 2. The largest absolute Gasteiger partial charge is 0.370 e. The van der Waals surface area contributed by atoms with E-state index >= 15 is 0 Å². The Morgan fingerprint density at radius 2 is 1.76 bits per heavy atom. The second-order valence-electron chi connectivity index (χ2n) is 5.37. The van der Waals surface area contributed by atoms with Crippen LogP contribution in [0, 0.1) is 6.92 Å². The Balaban J connectivity index is 2.13. The van der Waals surface area contributed by atoms with Crippen LogP contribution in [0.5, 0.6) is 0 Å². The summed E-state index contributed by atoms with van der Waals surface area (Å²) in [6.07, 6.45) is 2.27. The van der Waals surface area contributed by atoms with Crippen molar-refractivity contribution in [1.82, 2.24) is 9.97 Å². The van der Waals surface area contributed by atoms with E-state index in [4.69, 9.17) is 0 Å². The molecule has 1 heterocycles. The first-order valence-electron chi connectivity index (χ1n) is 7.53. The highest BCUT2D eigenvalue weighted by molar-refractivity contribution is 7.91. The highest BCUT2D eigenvalue weighted by atomic mass is 32.2. The molecule has 0 atom stereocenters. The molecule has 1 aliphatic rings. The molecule has 0 saturated heterocycles. The Kier molecular flexibility index (Phi) is 5.03. The van der Waals surface area contributed by atoms with Crippen LogP contribution in [0.1, 0.15) is 44.0 Å². The lowest BCUT2D eigenvalue weighted by Gasteiger charge is -2.14. The minimum absolute atomic E-state index is 0.127. The number of sulfone groups is 1. The fourth-order valence-corrected chi connectivity index (χ4v) is 2.74. The Hall–Kier alpha value is -1.37. The van der Waals surface area contributed by atoms with Gasteiger partial charge in [0.05, 0.1) is 5.75 Å². The summed E-state index contributed by atoms with van der Waals surface area (Å²) in [7, 11) is -2.96. The number of rotatable bonds is 8. The molecule has 118 valence electrons. The second kappa shape index (κ2) is 6.60. The lowest BCUT2D eigenvalue weighted by molar-refractivity contribution is 0.597. The fraction of sp³-hybridized carbons (Fsp3) is 0.714. The van der Waals surface area contributed by atoms with Crippen molar-refractivity contribution >= 4 is 21.5 Å². The van der Waals surface area contributed by atoms with Gasteiger partial charge < -0.3 is 10.6 Å². The molecule has 1 aromatic heterocycles. The minimum Gasteiger partial charge on any atom is -0.370 e. The van der Waals surface area contributed by atoms with Crippen LogP contribution in [0.2, 0.25) is 0 Å². The van der Waals surface area contributed by atoms with Gasteiger partial charge in [-0.25, -0.2) is 18.4 Å². The van der Waals surface area contributed by atoms with E-state index in [2.05, 4.69) is 20.6 Å². The lowest BCUT2D eigenvalue weighted by atomic mass is 10.2. The van der Waals surface area contributed by atoms with Gasteiger partial charge in [0.15, 0.2) is 9.84 Å². The molecule has 0 amide bonds. The molecule has 0 aliphatic heterocycles. The van der Waals surface area contributed by atoms with Gasteiger partial charge in [0.25, 0.3) is 0 Å². The van der Waals surface area contributed by atoms with Gasteiger partial charge in [0.2, 0.25) is 0 Å². The average Bonchev–Trinajstić information content (AvgIpc) is 3.27. The Labute approximate surface area is 126 Å². The summed E-state index contributed by atoms with van der Waals surface area (Å²) in [5.41, 5.74) is 0.940. The second-order valence-corrected chi connectivity index (χ2v) is 7.84. The Bertz CT molecular complexity index is 597. The highest BCUT2D eigenvalue weighted by Gasteiger charge is 2.28. The normalized spacial score (nSPS) is 15.0. The molecule has 0 bridgehead atoms. The number of hydrogen-bond donors (Lipinski definition) is 2. The van der Waals surface area contributed by atoms with Crippen molar-refractivity contribution in [3.8, 4) is 0 Å². The van der Waals surface area contributed by atoms with E-state index < -0.39 is 9.84 Å². The monoisotopic (exact) mass is 312 g/mol. The smallest absolute Gasteiger partial charge is 0.151 e. The highest BCUT2D eigenvalue weighted by Crippen LogP contribution is 2.39. The van der Waals surface area contributed by atoms with Gasteiger partial charge in [0.1, 0.15) is 17.5 Å². The molecule has 0 spiro atoms. The summed E-state index contributed by atoms with van der Waals surface area (Å²) < 4.78 is 23.1. The molecular formula is C14H24N4O2S. The van der Waals surface area contributed by atoms with E-state index in [1.54, 1.807) is 6.92 Å². The zero-order valence-corrected chi connectivity index (χ0v) is 13.8. The molecule has 1 aromatic rings. The number of nitrogens with zero attached hydrogens (tertiary/aromatic N) is 2. The van der Waals surface area contributed by atoms with Crippen LogP contribution in [-0.4, -0.2) is 43.0 Å². The molecule has 1 aliphatic carbocycles. The Morgan fingerprint density at radius 3 is 2.29 bits per heavy atom. The summed E-state index contributed by atoms with van der Waals surface area (Å²) >= 11 is 0. The third-order valence-corrected chi connectivity index (χ3v) is 5.30. The summed E-state index contributed by atoms with van der Waals surface area (Å²) in [5.74, 6) is 3.21. The van der Waals surface area contributed by atoms with Crippen LogP contribution in [-0.2, 0) is 9.84 Å². The Morgan fingerprint density at radius 1 is 1.14 bits per heavy atom. The first-order valence-corrected chi connectivity index (χ1v) is 9.35. The van der Waals surface area contributed by atoms with E-state index in [0.29, 0.717) is 12.5 Å². The number of hydrogen-bond acceptors (Lipinski definition) is 6. The van der Waals surface area contributed by atoms with E-state index in [9.17, 15) is 8.42 Å². The molecule has 1 saturated carbocycles. The summed E-state index contributed by atoms with van der Waals surface area (Å²) in [4.78, 5) is 9.14. The maximum atomic E-state index is 11.5. The van der Waals surface area contributed by atoms with Gasteiger partial charge in [0, 0.05) is 30.3 Å². The van der Waals surface area contributed by atoms with Gasteiger partial charge in [-0.3, -0.25) is 0 Å². The van der Waals surface area contributed by atoms with Crippen molar-refractivity contribution in [3.05, 3.63) is 11.4 Å². The maximum absolute atomic E-state index is 11.5. The van der Waals surface area contributed by atoms with E-state index in [-0.39, 0.29) is 11.5 Å². The van der Waals surface area contributed by atoms with Gasteiger partial charge >= 0.3 is 0 Å². The lowest BCUT2D eigenvalue weighted by Crippen LogP contribution is -2.19. The first kappa shape index (κ1) is 16.0. The van der Waals surface area contributed by atoms with Gasteiger partial charge in [-0.1, -0.05) is 6.92 Å². The zero-order chi connectivity index (χ0) is 15.5. The minimum atomic E-state index is -2.96. The predicted octanol–water partition coefficient (Wildman–Crippen LogP) is 1.94. The standard InChI is InChI=1S/C14H24N4O2S/c1-4-15-12-10(3)13(16-8-9-21(19,20)5-2)18-14(17-12)11-6-7-11/h11H,4-9H2,1-3H3,(H2,15,16,17,18). The van der Waals surface area contributed by atoms with Crippen LogP contribution in [0.4, 0.5) is 11.6 Å².